The molecule has 1 fully saturated rings. The van der Waals surface area contributed by atoms with E-state index in [9.17, 15) is 9.59 Å². The standard InChI is InChI=1S/C22H20ClN3O3S/c1-13-20(30-19(24-13)12-29-16-10-6-14(23)7-11-16)22(28)26-18-5-3-2-4-17(18)21(27)25-15-8-9-15/h2-7,10-11,15H,8-9,12H2,1H3,(H,25,27)(H,26,28). The second-order valence-electron chi connectivity index (χ2n) is 7.01. The number of rotatable bonds is 7. The Kier molecular flexibility index (Phi) is 6.01. The van der Waals surface area contributed by atoms with Gasteiger partial charge in [0.15, 0.2) is 0 Å². The van der Waals surface area contributed by atoms with Gasteiger partial charge in [0, 0.05) is 11.1 Å². The molecule has 1 aliphatic carbocycles. The molecule has 0 spiro atoms. The van der Waals surface area contributed by atoms with Crippen molar-refractivity contribution in [3.8, 4) is 5.75 Å². The average molecular weight is 442 g/mol. The molecule has 1 aliphatic rings. The molecule has 0 atom stereocenters. The predicted octanol–water partition coefficient (Wildman–Crippen LogP) is 4.83. The van der Waals surface area contributed by atoms with Crippen LogP contribution in [-0.2, 0) is 6.61 Å². The number of nitrogens with zero attached hydrogens (tertiary/aromatic N) is 1. The van der Waals surface area contributed by atoms with Gasteiger partial charge in [0.1, 0.15) is 22.2 Å². The molecule has 2 amide bonds. The van der Waals surface area contributed by atoms with Gasteiger partial charge in [-0.1, -0.05) is 23.7 Å². The number of hydrogen-bond donors (Lipinski definition) is 2. The summed E-state index contributed by atoms with van der Waals surface area (Å²) in [5.74, 6) is 0.203. The lowest BCUT2D eigenvalue weighted by Gasteiger charge is -2.10. The van der Waals surface area contributed by atoms with E-state index in [2.05, 4.69) is 15.6 Å². The van der Waals surface area contributed by atoms with Crippen molar-refractivity contribution in [3.05, 3.63) is 74.7 Å². The summed E-state index contributed by atoms with van der Waals surface area (Å²) >= 11 is 7.15. The first kappa shape index (κ1) is 20.4. The van der Waals surface area contributed by atoms with Crippen LogP contribution in [0.1, 0.15) is 43.6 Å². The third-order valence-electron chi connectivity index (χ3n) is 4.56. The number of anilines is 1. The van der Waals surface area contributed by atoms with Crippen LogP contribution in [0.2, 0.25) is 5.02 Å². The molecule has 6 nitrogen and oxygen atoms in total. The van der Waals surface area contributed by atoms with Crippen LogP contribution in [0.4, 0.5) is 5.69 Å². The summed E-state index contributed by atoms with van der Waals surface area (Å²) in [4.78, 5) is 30.2. The number of aryl methyl sites for hydroxylation is 1. The number of ether oxygens (including phenoxy) is 1. The number of carbonyl (C=O) groups excluding carboxylic acids is 2. The molecule has 0 radical (unpaired) electrons. The monoisotopic (exact) mass is 441 g/mol. The fourth-order valence-electron chi connectivity index (χ4n) is 2.86. The first-order valence-electron chi connectivity index (χ1n) is 9.55. The Labute approximate surface area is 183 Å². The van der Waals surface area contributed by atoms with Gasteiger partial charge >= 0.3 is 0 Å². The van der Waals surface area contributed by atoms with Crippen molar-refractivity contribution in [2.75, 3.05) is 5.32 Å². The van der Waals surface area contributed by atoms with Crippen molar-refractivity contribution in [2.24, 2.45) is 0 Å². The highest BCUT2D eigenvalue weighted by Crippen LogP contribution is 2.25. The van der Waals surface area contributed by atoms with Crippen LogP contribution in [-0.4, -0.2) is 22.8 Å². The van der Waals surface area contributed by atoms with Gasteiger partial charge < -0.3 is 15.4 Å². The lowest BCUT2D eigenvalue weighted by molar-refractivity contribution is 0.0952. The summed E-state index contributed by atoms with van der Waals surface area (Å²) in [5, 5.41) is 7.12. The third kappa shape index (κ3) is 4.98. The SMILES string of the molecule is Cc1nc(COc2ccc(Cl)cc2)sc1C(=O)Nc1ccccc1C(=O)NC1CC1. The predicted molar refractivity (Wildman–Crippen MR) is 118 cm³/mol. The maximum absolute atomic E-state index is 12.8. The zero-order valence-corrected chi connectivity index (χ0v) is 17.8. The van der Waals surface area contributed by atoms with Crippen LogP contribution in [0.25, 0.3) is 0 Å². The quantitative estimate of drug-likeness (QED) is 0.550. The number of amides is 2. The Morgan fingerprint density at radius 2 is 1.87 bits per heavy atom. The van der Waals surface area contributed by atoms with Gasteiger partial charge in [-0.15, -0.1) is 11.3 Å². The van der Waals surface area contributed by atoms with E-state index >= 15 is 0 Å². The van der Waals surface area contributed by atoms with Crippen molar-refractivity contribution in [3.63, 3.8) is 0 Å². The topological polar surface area (TPSA) is 80.3 Å². The molecule has 2 aromatic carbocycles. The van der Waals surface area contributed by atoms with Gasteiger partial charge in [0.2, 0.25) is 0 Å². The Morgan fingerprint density at radius 1 is 1.13 bits per heavy atom. The van der Waals surface area contributed by atoms with E-state index in [0.717, 1.165) is 12.8 Å². The molecule has 3 aromatic rings. The molecule has 1 saturated carbocycles. The molecular formula is C22H20ClN3O3S. The highest BCUT2D eigenvalue weighted by atomic mass is 35.5. The summed E-state index contributed by atoms with van der Waals surface area (Å²) in [6.45, 7) is 2.03. The molecule has 1 aromatic heterocycles. The zero-order chi connectivity index (χ0) is 21.1. The summed E-state index contributed by atoms with van der Waals surface area (Å²) in [6, 6.07) is 14.3. The summed E-state index contributed by atoms with van der Waals surface area (Å²) in [7, 11) is 0. The van der Waals surface area contributed by atoms with Crippen molar-refractivity contribution in [1.82, 2.24) is 10.3 Å². The van der Waals surface area contributed by atoms with Gasteiger partial charge in [-0.25, -0.2) is 4.98 Å². The molecular weight excluding hydrogens is 422 g/mol. The van der Waals surface area contributed by atoms with Crippen molar-refractivity contribution < 1.29 is 14.3 Å². The van der Waals surface area contributed by atoms with E-state index in [1.54, 1.807) is 55.5 Å². The van der Waals surface area contributed by atoms with E-state index in [1.165, 1.54) is 11.3 Å². The highest BCUT2D eigenvalue weighted by molar-refractivity contribution is 7.13. The largest absolute Gasteiger partial charge is 0.486 e. The lowest BCUT2D eigenvalue weighted by atomic mass is 10.1. The molecule has 0 saturated heterocycles. The maximum Gasteiger partial charge on any atom is 0.267 e. The van der Waals surface area contributed by atoms with Crippen LogP contribution >= 0.6 is 22.9 Å². The number of aromatic nitrogens is 1. The minimum Gasteiger partial charge on any atom is -0.486 e. The highest BCUT2D eigenvalue weighted by Gasteiger charge is 2.25. The molecule has 154 valence electrons. The fourth-order valence-corrected chi connectivity index (χ4v) is 3.86. The van der Waals surface area contributed by atoms with Gasteiger partial charge in [-0.2, -0.15) is 0 Å². The summed E-state index contributed by atoms with van der Waals surface area (Å²) < 4.78 is 5.71. The first-order chi connectivity index (χ1) is 14.5. The van der Waals surface area contributed by atoms with Crippen LogP contribution in [0.15, 0.2) is 48.5 Å². The number of nitrogens with one attached hydrogen (secondary N) is 2. The van der Waals surface area contributed by atoms with E-state index in [4.69, 9.17) is 16.3 Å². The Hall–Kier alpha value is -2.90. The van der Waals surface area contributed by atoms with Crippen molar-refractivity contribution in [1.29, 1.82) is 0 Å². The van der Waals surface area contributed by atoms with Gasteiger partial charge in [-0.3, -0.25) is 9.59 Å². The van der Waals surface area contributed by atoms with E-state index < -0.39 is 0 Å². The van der Waals surface area contributed by atoms with E-state index in [1.807, 2.05) is 0 Å². The van der Waals surface area contributed by atoms with Crippen LogP contribution in [0.5, 0.6) is 5.75 Å². The number of benzene rings is 2. The van der Waals surface area contributed by atoms with Gasteiger partial charge in [0.25, 0.3) is 11.8 Å². The van der Waals surface area contributed by atoms with Crippen molar-refractivity contribution >= 4 is 40.4 Å². The molecule has 1 heterocycles. The average Bonchev–Trinajstić information content (AvgIpc) is 3.47. The Balaban J connectivity index is 1.44. The number of halogens is 1. The molecule has 0 aliphatic heterocycles. The minimum absolute atomic E-state index is 0.175. The van der Waals surface area contributed by atoms with Crippen molar-refractivity contribution in [2.45, 2.75) is 32.4 Å². The molecule has 30 heavy (non-hydrogen) atoms. The van der Waals surface area contributed by atoms with Crippen LogP contribution in [0, 0.1) is 6.92 Å². The number of hydrogen-bond acceptors (Lipinski definition) is 5. The summed E-state index contributed by atoms with van der Waals surface area (Å²) in [6.07, 6.45) is 2.00. The zero-order valence-electron chi connectivity index (χ0n) is 16.3. The smallest absolute Gasteiger partial charge is 0.267 e. The normalized spacial score (nSPS) is 13.0. The number of carbonyl (C=O) groups is 2. The molecule has 2 N–H and O–H groups in total. The van der Waals surface area contributed by atoms with Gasteiger partial charge in [0.05, 0.1) is 16.9 Å². The summed E-state index contributed by atoms with van der Waals surface area (Å²) in [5.41, 5.74) is 1.55. The number of thiazole rings is 1. The third-order valence-corrected chi connectivity index (χ3v) is 5.94. The van der Waals surface area contributed by atoms with Crippen LogP contribution < -0.4 is 15.4 Å². The minimum atomic E-state index is -0.297. The number of para-hydroxylation sites is 1. The second kappa shape index (κ2) is 8.85. The second-order valence-corrected chi connectivity index (χ2v) is 8.53. The first-order valence-corrected chi connectivity index (χ1v) is 10.7. The Bertz CT molecular complexity index is 1080. The van der Waals surface area contributed by atoms with E-state index in [0.29, 0.717) is 37.6 Å². The van der Waals surface area contributed by atoms with Gasteiger partial charge in [-0.05, 0) is 56.2 Å². The molecule has 0 bridgehead atoms. The molecule has 4 rings (SSSR count). The fraction of sp³-hybridized carbons (Fsp3) is 0.227. The Morgan fingerprint density at radius 3 is 2.60 bits per heavy atom. The van der Waals surface area contributed by atoms with Crippen LogP contribution in [0.3, 0.4) is 0 Å². The molecule has 0 unspecified atom stereocenters. The van der Waals surface area contributed by atoms with E-state index in [-0.39, 0.29) is 24.5 Å². The lowest BCUT2D eigenvalue weighted by Crippen LogP contribution is -2.27. The molecule has 8 heteroatoms. The maximum atomic E-state index is 12.8.